The molecule has 0 aliphatic heterocycles. The lowest BCUT2D eigenvalue weighted by Crippen LogP contribution is -2.45. The van der Waals surface area contributed by atoms with Gasteiger partial charge in [-0.2, -0.15) is 0 Å². The van der Waals surface area contributed by atoms with Gasteiger partial charge in [-0.3, -0.25) is 9.79 Å². The van der Waals surface area contributed by atoms with E-state index in [4.69, 9.17) is 9.15 Å². The van der Waals surface area contributed by atoms with Gasteiger partial charge < -0.3 is 24.7 Å². The Kier molecular flexibility index (Phi) is 7.37. The van der Waals surface area contributed by atoms with Crippen molar-refractivity contribution in [3.05, 3.63) is 54.5 Å². The largest absolute Gasteiger partial charge is 0.492 e. The molecule has 0 aliphatic carbocycles. The molecule has 0 aliphatic rings. The van der Waals surface area contributed by atoms with Gasteiger partial charge in [-0.25, -0.2) is 0 Å². The van der Waals surface area contributed by atoms with E-state index in [9.17, 15) is 4.79 Å². The van der Waals surface area contributed by atoms with Crippen molar-refractivity contribution in [1.29, 1.82) is 0 Å². The highest BCUT2D eigenvalue weighted by atomic mass is 16.5. The van der Waals surface area contributed by atoms with Gasteiger partial charge in [-0.15, -0.1) is 0 Å². The minimum atomic E-state index is -0.133. The summed E-state index contributed by atoms with van der Waals surface area (Å²) in [5, 5.41) is 5.80. The van der Waals surface area contributed by atoms with Gasteiger partial charge in [0.25, 0.3) is 0 Å². The molecule has 0 radical (unpaired) electrons. The predicted molar refractivity (Wildman–Crippen MR) is 96.5 cm³/mol. The van der Waals surface area contributed by atoms with Gasteiger partial charge in [-0.1, -0.05) is 18.2 Å². The van der Waals surface area contributed by atoms with Crippen LogP contribution >= 0.6 is 0 Å². The molecule has 2 N–H and O–H groups in total. The highest BCUT2D eigenvalue weighted by Gasteiger charge is 2.08. The molecule has 25 heavy (non-hydrogen) atoms. The summed E-state index contributed by atoms with van der Waals surface area (Å²) in [6, 6.07) is 13.2. The van der Waals surface area contributed by atoms with Crippen LogP contribution in [-0.4, -0.2) is 50.6 Å². The van der Waals surface area contributed by atoms with Gasteiger partial charge in [0.2, 0.25) is 5.91 Å². The standard InChI is InChI=1S/C18H24N4O3/c1-19-18(21-14-17(23)20-13-16-9-6-11-24-16)22(2)10-12-25-15-7-4-3-5-8-15/h3-9,11H,10,12-14H2,1-2H3,(H,19,21)(H,20,23). The number of carbonyl (C=O) groups is 1. The smallest absolute Gasteiger partial charge is 0.239 e. The molecule has 0 spiro atoms. The van der Waals surface area contributed by atoms with Crippen LogP contribution in [-0.2, 0) is 11.3 Å². The number of furan rings is 1. The first-order valence-electron chi connectivity index (χ1n) is 8.07. The van der Waals surface area contributed by atoms with E-state index < -0.39 is 0 Å². The van der Waals surface area contributed by atoms with Crippen LogP contribution in [0.5, 0.6) is 5.75 Å². The molecule has 1 aromatic heterocycles. The first-order chi connectivity index (χ1) is 12.2. The third-order valence-electron chi connectivity index (χ3n) is 3.46. The Bertz CT molecular complexity index is 656. The number of nitrogens with zero attached hydrogens (tertiary/aromatic N) is 2. The van der Waals surface area contributed by atoms with E-state index in [-0.39, 0.29) is 12.5 Å². The fourth-order valence-corrected chi connectivity index (χ4v) is 2.13. The maximum absolute atomic E-state index is 11.9. The van der Waals surface area contributed by atoms with Crippen LogP contribution in [0.25, 0.3) is 0 Å². The van der Waals surface area contributed by atoms with Gasteiger partial charge in [-0.05, 0) is 24.3 Å². The molecule has 0 atom stereocenters. The minimum absolute atomic E-state index is 0.133. The molecule has 0 bridgehead atoms. The number of hydrogen-bond acceptors (Lipinski definition) is 4. The Morgan fingerprint density at radius 3 is 2.68 bits per heavy atom. The van der Waals surface area contributed by atoms with Crippen molar-refractivity contribution in [2.75, 3.05) is 33.8 Å². The van der Waals surface area contributed by atoms with E-state index in [0.717, 1.165) is 5.75 Å². The third kappa shape index (κ3) is 6.58. The molecule has 1 amide bonds. The van der Waals surface area contributed by atoms with Crippen LogP contribution in [0.1, 0.15) is 5.76 Å². The average molecular weight is 344 g/mol. The number of para-hydroxylation sites is 1. The zero-order valence-electron chi connectivity index (χ0n) is 14.6. The van der Waals surface area contributed by atoms with Gasteiger partial charge in [0.1, 0.15) is 18.1 Å². The second kappa shape index (κ2) is 10.0. The maximum atomic E-state index is 11.9. The second-order valence-corrected chi connectivity index (χ2v) is 5.34. The summed E-state index contributed by atoms with van der Waals surface area (Å²) in [6.45, 7) is 1.67. The zero-order chi connectivity index (χ0) is 17.9. The Balaban J connectivity index is 1.67. The van der Waals surface area contributed by atoms with Crippen LogP contribution in [0.15, 0.2) is 58.1 Å². The quantitative estimate of drug-likeness (QED) is 0.560. The third-order valence-corrected chi connectivity index (χ3v) is 3.46. The highest BCUT2D eigenvalue weighted by Crippen LogP contribution is 2.07. The van der Waals surface area contributed by atoms with E-state index in [1.165, 1.54) is 0 Å². The lowest BCUT2D eigenvalue weighted by molar-refractivity contribution is -0.120. The van der Waals surface area contributed by atoms with Crippen LogP contribution in [0.2, 0.25) is 0 Å². The van der Waals surface area contributed by atoms with Crippen molar-refractivity contribution in [3.8, 4) is 5.75 Å². The zero-order valence-corrected chi connectivity index (χ0v) is 14.6. The van der Waals surface area contributed by atoms with E-state index in [0.29, 0.717) is 31.4 Å². The van der Waals surface area contributed by atoms with Crippen molar-refractivity contribution >= 4 is 11.9 Å². The molecule has 2 aromatic rings. The molecule has 0 fully saturated rings. The van der Waals surface area contributed by atoms with E-state index in [1.807, 2.05) is 48.3 Å². The molecule has 7 heteroatoms. The molecular formula is C18H24N4O3. The van der Waals surface area contributed by atoms with Crippen LogP contribution < -0.4 is 15.4 Å². The predicted octanol–water partition coefficient (Wildman–Crippen LogP) is 1.48. The number of ether oxygens (including phenoxy) is 1. The summed E-state index contributed by atoms with van der Waals surface area (Å²) in [4.78, 5) is 17.9. The van der Waals surface area contributed by atoms with E-state index in [1.54, 1.807) is 19.4 Å². The topological polar surface area (TPSA) is 79.1 Å². The molecule has 0 saturated heterocycles. The van der Waals surface area contributed by atoms with Gasteiger partial charge in [0.05, 0.1) is 25.9 Å². The van der Waals surface area contributed by atoms with Crippen molar-refractivity contribution in [2.24, 2.45) is 4.99 Å². The van der Waals surface area contributed by atoms with Crippen molar-refractivity contribution in [1.82, 2.24) is 15.5 Å². The van der Waals surface area contributed by atoms with Crippen LogP contribution in [0, 0.1) is 0 Å². The molecule has 1 aromatic carbocycles. The minimum Gasteiger partial charge on any atom is -0.492 e. The van der Waals surface area contributed by atoms with Gasteiger partial charge in [0, 0.05) is 14.1 Å². The Morgan fingerprint density at radius 1 is 1.20 bits per heavy atom. The normalized spacial score (nSPS) is 11.0. The van der Waals surface area contributed by atoms with E-state index in [2.05, 4.69) is 15.6 Å². The molecular weight excluding hydrogens is 320 g/mol. The highest BCUT2D eigenvalue weighted by molar-refractivity contribution is 5.86. The van der Waals surface area contributed by atoms with Crippen LogP contribution in [0.4, 0.5) is 0 Å². The molecule has 1 heterocycles. The lowest BCUT2D eigenvalue weighted by Gasteiger charge is -2.22. The van der Waals surface area contributed by atoms with Crippen molar-refractivity contribution in [3.63, 3.8) is 0 Å². The summed E-state index contributed by atoms with van der Waals surface area (Å²) in [5.41, 5.74) is 0. The van der Waals surface area contributed by atoms with Gasteiger partial charge >= 0.3 is 0 Å². The first-order valence-corrected chi connectivity index (χ1v) is 8.07. The molecule has 0 saturated carbocycles. The summed E-state index contributed by atoms with van der Waals surface area (Å²) >= 11 is 0. The van der Waals surface area contributed by atoms with Crippen molar-refractivity contribution < 1.29 is 13.9 Å². The summed E-state index contributed by atoms with van der Waals surface area (Å²) in [7, 11) is 3.57. The fourth-order valence-electron chi connectivity index (χ4n) is 2.13. The SMILES string of the molecule is CN=C(NCC(=O)NCc1ccco1)N(C)CCOc1ccccc1. The molecule has 7 nitrogen and oxygen atoms in total. The maximum Gasteiger partial charge on any atom is 0.239 e. The number of rotatable bonds is 8. The number of guanidine groups is 1. The summed E-state index contributed by atoms with van der Waals surface area (Å²) in [6.07, 6.45) is 1.58. The lowest BCUT2D eigenvalue weighted by atomic mass is 10.3. The molecule has 134 valence electrons. The molecule has 2 rings (SSSR count). The Morgan fingerprint density at radius 2 is 2.00 bits per heavy atom. The molecule has 0 unspecified atom stereocenters. The Labute approximate surface area is 147 Å². The number of nitrogens with one attached hydrogen (secondary N) is 2. The number of benzene rings is 1. The van der Waals surface area contributed by atoms with Gasteiger partial charge in [0.15, 0.2) is 5.96 Å². The first kappa shape index (κ1) is 18.4. The van der Waals surface area contributed by atoms with E-state index >= 15 is 0 Å². The monoisotopic (exact) mass is 344 g/mol. The summed E-state index contributed by atoms with van der Waals surface area (Å²) < 4.78 is 10.8. The number of carbonyl (C=O) groups excluding carboxylic acids is 1. The average Bonchev–Trinajstić information content (AvgIpc) is 3.15. The number of hydrogen-bond donors (Lipinski definition) is 2. The summed E-state index contributed by atoms with van der Waals surface area (Å²) in [5.74, 6) is 2.04. The Hall–Kier alpha value is -2.96. The number of amides is 1. The fraction of sp³-hybridized carbons (Fsp3) is 0.333. The van der Waals surface area contributed by atoms with Crippen molar-refractivity contribution in [2.45, 2.75) is 6.54 Å². The second-order valence-electron chi connectivity index (χ2n) is 5.34. The number of likely N-dealkylation sites (N-methyl/N-ethyl adjacent to an activating group) is 1. The van der Waals surface area contributed by atoms with Crippen LogP contribution in [0.3, 0.4) is 0 Å². The number of aliphatic imine (C=N–C) groups is 1.